The number of benzene rings is 1. The molecule has 0 saturated carbocycles. The minimum atomic E-state index is -1.04. The van der Waals surface area contributed by atoms with Crippen molar-refractivity contribution < 1.29 is 24.4 Å². The largest absolute Gasteiger partial charge is 0.480 e. The molecule has 0 bridgehead atoms. The van der Waals surface area contributed by atoms with E-state index in [4.69, 9.17) is 4.74 Å². The SMILES string of the molecule is CC(C)(C)OC(=O)NCCCC[C@@H](NSc1ccccc1[N+](=O)[O-])C(=O)O. The number of hydrogen-bond donors (Lipinski definition) is 3. The van der Waals surface area contributed by atoms with E-state index in [2.05, 4.69) is 10.0 Å². The molecule has 1 amide bonds. The van der Waals surface area contributed by atoms with Crippen molar-refractivity contribution >= 4 is 29.7 Å². The number of nitro benzene ring substituents is 1. The Morgan fingerprint density at radius 3 is 2.56 bits per heavy atom. The summed E-state index contributed by atoms with van der Waals surface area (Å²) in [6.07, 6.45) is 0.944. The minimum Gasteiger partial charge on any atom is -0.480 e. The summed E-state index contributed by atoms with van der Waals surface area (Å²) in [4.78, 5) is 33.7. The molecule has 27 heavy (non-hydrogen) atoms. The van der Waals surface area contributed by atoms with Gasteiger partial charge in [0.25, 0.3) is 5.69 Å². The van der Waals surface area contributed by atoms with E-state index in [9.17, 15) is 24.8 Å². The van der Waals surface area contributed by atoms with Crippen LogP contribution in [-0.2, 0) is 9.53 Å². The molecule has 0 spiro atoms. The van der Waals surface area contributed by atoms with Crippen molar-refractivity contribution in [3.8, 4) is 0 Å². The average molecular weight is 399 g/mol. The number of hydrogen-bond acceptors (Lipinski definition) is 7. The third kappa shape index (κ3) is 9.25. The number of ether oxygens (including phenoxy) is 1. The fourth-order valence-electron chi connectivity index (χ4n) is 2.04. The Bertz CT molecular complexity index is 662. The van der Waals surface area contributed by atoms with E-state index in [1.165, 1.54) is 6.07 Å². The van der Waals surface area contributed by atoms with Crippen molar-refractivity contribution in [3.63, 3.8) is 0 Å². The number of carbonyl (C=O) groups excluding carboxylic acids is 1. The summed E-state index contributed by atoms with van der Waals surface area (Å²) in [7, 11) is 0. The van der Waals surface area contributed by atoms with Crippen molar-refractivity contribution in [3.05, 3.63) is 34.4 Å². The second kappa shape index (κ2) is 10.7. The van der Waals surface area contributed by atoms with Crippen LogP contribution in [0.15, 0.2) is 29.2 Å². The quantitative estimate of drug-likeness (QED) is 0.236. The van der Waals surface area contributed by atoms with Gasteiger partial charge < -0.3 is 15.2 Å². The lowest BCUT2D eigenvalue weighted by molar-refractivity contribution is -0.387. The fraction of sp³-hybridized carbons (Fsp3) is 0.529. The first-order chi connectivity index (χ1) is 12.6. The van der Waals surface area contributed by atoms with Gasteiger partial charge in [0.1, 0.15) is 16.5 Å². The number of carboxylic acid groups (broad SMARTS) is 1. The highest BCUT2D eigenvalue weighted by molar-refractivity contribution is 7.97. The normalized spacial score (nSPS) is 12.3. The van der Waals surface area contributed by atoms with Gasteiger partial charge in [-0.2, -0.15) is 0 Å². The van der Waals surface area contributed by atoms with Gasteiger partial charge in [0, 0.05) is 12.6 Å². The van der Waals surface area contributed by atoms with Crippen LogP contribution in [0.5, 0.6) is 0 Å². The van der Waals surface area contributed by atoms with Crippen molar-refractivity contribution in [2.45, 2.75) is 56.6 Å². The molecule has 0 aliphatic carbocycles. The minimum absolute atomic E-state index is 0.0827. The van der Waals surface area contributed by atoms with Gasteiger partial charge in [0.05, 0.1) is 4.92 Å². The predicted octanol–water partition coefficient (Wildman–Crippen LogP) is 3.34. The highest BCUT2D eigenvalue weighted by Gasteiger charge is 2.20. The van der Waals surface area contributed by atoms with Gasteiger partial charge in [-0.3, -0.25) is 14.9 Å². The smallest absolute Gasteiger partial charge is 0.407 e. The van der Waals surface area contributed by atoms with Gasteiger partial charge in [-0.25, -0.2) is 9.52 Å². The summed E-state index contributed by atoms with van der Waals surface area (Å²) < 4.78 is 7.87. The standard InChI is InChI=1S/C17H25N3O6S/c1-17(2,3)26-16(23)18-11-7-6-8-12(15(21)22)19-27-14-10-5-4-9-13(14)20(24)25/h4-5,9-10,12,19H,6-8,11H2,1-3H3,(H,18,23)(H,21,22)/t12-/m1/s1. The highest BCUT2D eigenvalue weighted by Crippen LogP contribution is 2.27. The van der Waals surface area contributed by atoms with Gasteiger partial charge in [0.15, 0.2) is 0 Å². The van der Waals surface area contributed by atoms with Crippen LogP contribution in [0.4, 0.5) is 10.5 Å². The number of nitrogens with one attached hydrogen (secondary N) is 2. The molecule has 0 radical (unpaired) electrons. The fourth-order valence-corrected chi connectivity index (χ4v) is 2.92. The first kappa shape index (κ1) is 22.7. The number of alkyl carbamates (subject to hydrolysis) is 1. The Morgan fingerprint density at radius 2 is 1.96 bits per heavy atom. The molecule has 1 atom stereocenters. The van der Waals surface area contributed by atoms with Gasteiger partial charge in [-0.1, -0.05) is 12.1 Å². The first-order valence-corrected chi connectivity index (χ1v) is 9.27. The maximum Gasteiger partial charge on any atom is 0.407 e. The molecule has 0 aliphatic rings. The van der Waals surface area contributed by atoms with Gasteiger partial charge in [-0.15, -0.1) is 0 Å². The van der Waals surface area contributed by atoms with Crippen molar-refractivity contribution in [1.29, 1.82) is 0 Å². The van der Waals surface area contributed by atoms with Gasteiger partial charge >= 0.3 is 12.1 Å². The highest BCUT2D eigenvalue weighted by atomic mass is 32.2. The van der Waals surface area contributed by atoms with Crippen LogP contribution in [0.25, 0.3) is 0 Å². The summed E-state index contributed by atoms with van der Waals surface area (Å²) in [5, 5.41) is 22.9. The van der Waals surface area contributed by atoms with Crippen LogP contribution in [-0.4, -0.2) is 40.3 Å². The topological polar surface area (TPSA) is 131 Å². The molecule has 3 N–H and O–H groups in total. The zero-order valence-electron chi connectivity index (χ0n) is 15.6. The molecule has 0 fully saturated rings. The van der Waals surface area contributed by atoms with E-state index < -0.39 is 28.6 Å². The molecule has 150 valence electrons. The Balaban J connectivity index is 2.40. The molecule has 0 aromatic heterocycles. The second-order valence-corrected chi connectivity index (χ2v) is 7.64. The monoisotopic (exact) mass is 399 g/mol. The molecule has 0 unspecified atom stereocenters. The van der Waals surface area contributed by atoms with Gasteiger partial charge in [0.2, 0.25) is 0 Å². The molecular formula is C17H25N3O6S. The van der Waals surface area contributed by atoms with E-state index in [0.29, 0.717) is 30.7 Å². The molecule has 0 saturated heterocycles. The first-order valence-electron chi connectivity index (χ1n) is 8.45. The number of nitro groups is 1. The van der Waals surface area contributed by atoms with Crippen LogP contribution in [0.2, 0.25) is 0 Å². The Hall–Kier alpha value is -2.33. The molecule has 1 aromatic carbocycles. The summed E-state index contributed by atoms with van der Waals surface area (Å²) in [6, 6.07) is 5.25. The number of aliphatic carboxylic acids is 1. The Morgan fingerprint density at radius 1 is 1.30 bits per heavy atom. The maximum absolute atomic E-state index is 11.5. The molecule has 0 aliphatic heterocycles. The average Bonchev–Trinajstić information content (AvgIpc) is 2.55. The molecule has 1 aromatic rings. The van der Waals surface area contributed by atoms with Crippen molar-refractivity contribution in [1.82, 2.24) is 10.0 Å². The molecule has 1 rings (SSSR count). The third-order valence-electron chi connectivity index (χ3n) is 3.26. The number of carbonyl (C=O) groups is 2. The summed E-state index contributed by atoms with van der Waals surface area (Å²) in [5.41, 5.74) is -0.652. The lowest BCUT2D eigenvalue weighted by atomic mass is 10.1. The number of nitrogens with zero attached hydrogens (tertiary/aromatic N) is 1. The second-order valence-electron chi connectivity index (χ2n) is 6.76. The van der Waals surface area contributed by atoms with Crippen molar-refractivity contribution in [2.75, 3.05) is 6.54 Å². The Labute approximate surface area is 162 Å². The molecule has 0 heterocycles. The molecule has 10 heteroatoms. The number of unbranched alkanes of at least 4 members (excludes halogenated alkanes) is 1. The van der Waals surface area contributed by atoms with E-state index >= 15 is 0 Å². The zero-order valence-corrected chi connectivity index (χ0v) is 16.4. The number of rotatable bonds is 10. The number of amides is 1. The van der Waals surface area contributed by atoms with Crippen LogP contribution in [0.1, 0.15) is 40.0 Å². The van der Waals surface area contributed by atoms with Crippen LogP contribution in [0.3, 0.4) is 0 Å². The van der Waals surface area contributed by atoms with Crippen LogP contribution >= 0.6 is 11.9 Å². The van der Waals surface area contributed by atoms with Gasteiger partial charge in [-0.05, 0) is 58.0 Å². The lowest BCUT2D eigenvalue weighted by Crippen LogP contribution is -2.34. The number of para-hydroxylation sites is 1. The summed E-state index contributed by atoms with van der Waals surface area (Å²) in [6.45, 7) is 5.68. The third-order valence-corrected chi connectivity index (χ3v) is 4.23. The van der Waals surface area contributed by atoms with Crippen molar-refractivity contribution in [2.24, 2.45) is 0 Å². The molecular weight excluding hydrogens is 374 g/mol. The Kier molecular flexibility index (Phi) is 9.03. The summed E-state index contributed by atoms with van der Waals surface area (Å²) in [5.74, 6) is -1.04. The van der Waals surface area contributed by atoms with Crippen LogP contribution in [0, 0.1) is 10.1 Å². The predicted molar refractivity (Wildman–Crippen MR) is 102 cm³/mol. The summed E-state index contributed by atoms with van der Waals surface area (Å²) >= 11 is 0.925. The van der Waals surface area contributed by atoms with E-state index in [-0.39, 0.29) is 5.69 Å². The molecule has 9 nitrogen and oxygen atoms in total. The zero-order chi connectivity index (χ0) is 20.4. The van der Waals surface area contributed by atoms with E-state index in [1.54, 1.807) is 39.0 Å². The van der Waals surface area contributed by atoms with E-state index in [1.807, 2.05) is 0 Å². The van der Waals surface area contributed by atoms with E-state index in [0.717, 1.165) is 11.9 Å². The number of carboxylic acids is 1. The van der Waals surface area contributed by atoms with Crippen LogP contribution < -0.4 is 10.0 Å². The maximum atomic E-state index is 11.5. The lowest BCUT2D eigenvalue weighted by Gasteiger charge is -2.19.